The van der Waals surface area contributed by atoms with Crippen molar-refractivity contribution in [3.63, 3.8) is 0 Å². The molecule has 11 nitrogen and oxygen atoms in total. The number of aromatic nitrogens is 4. The van der Waals surface area contributed by atoms with Crippen molar-refractivity contribution in [3.8, 4) is 0 Å². The van der Waals surface area contributed by atoms with Gasteiger partial charge in [-0.1, -0.05) is 0 Å². The fourth-order valence-corrected chi connectivity index (χ4v) is 4.60. The normalized spacial score (nSPS) is 22.9. The summed E-state index contributed by atoms with van der Waals surface area (Å²) in [6.07, 6.45) is 7.75. The molecule has 184 valence electrons. The van der Waals surface area contributed by atoms with Crippen LogP contribution in [0.3, 0.4) is 0 Å². The number of rotatable bonds is 7. The van der Waals surface area contributed by atoms with E-state index in [1.54, 1.807) is 38.0 Å². The highest BCUT2D eigenvalue weighted by atomic mass is 16.5. The molecule has 3 aromatic heterocycles. The Bertz CT molecular complexity index is 1340. The van der Waals surface area contributed by atoms with Gasteiger partial charge in [0, 0.05) is 46.0 Å². The molecule has 3 heterocycles. The van der Waals surface area contributed by atoms with Gasteiger partial charge in [0.1, 0.15) is 29.0 Å². The number of carbonyl (C=O) groups is 1. The molecule has 0 aromatic carbocycles. The van der Waals surface area contributed by atoms with Crippen molar-refractivity contribution < 1.29 is 14.3 Å². The van der Waals surface area contributed by atoms with Gasteiger partial charge in [-0.05, 0) is 37.8 Å². The number of fused-ring (bicyclic) bond motifs is 1. The van der Waals surface area contributed by atoms with Crippen LogP contribution in [-0.4, -0.2) is 64.3 Å². The Balaban J connectivity index is 1.44. The fraction of sp³-hybridized carbons (Fsp3) is 0.458. The summed E-state index contributed by atoms with van der Waals surface area (Å²) < 4.78 is 14.0. The van der Waals surface area contributed by atoms with Gasteiger partial charge in [0.25, 0.3) is 11.5 Å². The van der Waals surface area contributed by atoms with Crippen LogP contribution in [0.1, 0.15) is 48.5 Å². The van der Waals surface area contributed by atoms with E-state index < -0.39 is 5.91 Å². The van der Waals surface area contributed by atoms with Gasteiger partial charge in [0.2, 0.25) is 0 Å². The lowest BCUT2D eigenvalue weighted by Crippen LogP contribution is -2.30. The summed E-state index contributed by atoms with van der Waals surface area (Å²) >= 11 is 0. The Hall–Kier alpha value is -3.57. The second-order valence-corrected chi connectivity index (χ2v) is 8.83. The molecule has 0 aliphatic heterocycles. The molecule has 2 N–H and O–H groups in total. The fourth-order valence-electron chi connectivity index (χ4n) is 4.60. The van der Waals surface area contributed by atoms with Crippen LogP contribution in [0.5, 0.6) is 0 Å². The summed E-state index contributed by atoms with van der Waals surface area (Å²) in [6.45, 7) is 0. The molecule has 2 saturated carbocycles. The van der Waals surface area contributed by atoms with E-state index in [0.717, 1.165) is 25.7 Å². The number of carbonyl (C=O) groups excluding carboxylic acids is 1. The molecule has 0 spiro atoms. The van der Waals surface area contributed by atoms with E-state index in [9.17, 15) is 9.59 Å². The first-order valence-corrected chi connectivity index (χ1v) is 11.7. The lowest BCUT2D eigenvalue weighted by atomic mass is 9.92. The maximum atomic E-state index is 13.3. The molecule has 2 fully saturated rings. The lowest BCUT2D eigenvalue weighted by Gasteiger charge is -2.29. The highest BCUT2D eigenvalue weighted by Crippen LogP contribution is 2.29. The molecular formula is C24H29N7O4. The third-order valence-corrected chi connectivity index (χ3v) is 6.70. The average molecular weight is 480 g/mol. The van der Waals surface area contributed by atoms with Gasteiger partial charge in [-0.25, -0.2) is 9.98 Å². The molecule has 0 saturated heterocycles. The summed E-state index contributed by atoms with van der Waals surface area (Å²) in [4.78, 5) is 34.8. The van der Waals surface area contributed by atoms with Crippen molar-refractivity contribution >= 4 is 34.6 Å². The SMILES string of the molecule is CNc1cc(Nc2cccn(C3CCC(OC)CC3)c2=O)nc2c(C(=O)N=C3C[C@H]3OC)cnn12. The van der Waals surface area contributed by atoms with Crippen molar-refractivity contribution in [2.24, 2.45) is 4.99 Å². The third kappa shape index (κ3) is 4.56. The molecule has 0 radical (unpaired) electrons. The molecule has 35 heavy (non-hydrogen) atoms. The summed E-state index contributed by atoms with van der Waals surface area (Å²) in [6, 6.07) is 5.46. The number of methoxy groups -OCH3 is 2. The molecule has 2 aliphatic carbocycles. The van der Waals surface area contributed by atoms with E-state index in [-0.39, 0.29) is 29.4 Å². The topological polar surface area (TPSA) is 124 Å². The molecule has 1 amide bonds. The first kappa shape index (κ1) is 23.2. The minimum atomic E-state index is -0.421. The number of pyridine rings is 1. The molecule has 0 bridgehead atoms. The predicted octanol–water partition coefficient (Wildman–Crippen LogP) is 2.81. The minimum absolute atomic E-state index is 0.0938. The second-order valence-electron chi connectivity index (χ2n) is 8.83. The highest BCUT2D eigenvalue weighted by Gasteiger charge is 2.33. The van der Waals surface area contributed by atoms with E-state index in [0.29, 0.717) is 35.1 Å². The Kier molecular flexibility index (Phi) is 6.35. The number of aliphatic imine (C=N–C) groups is 1. The second kappa shape index (κ2) is 9.59. The van der Waals surface area contributed by atoms with E-state index in [2.05, 4.69) is 25.7 Å². The van der Waals surface area contributed by atoms with E-state index in [1.165, 1.54) is 10.7 Å². The Morgan fingerprint density at radius 3 is 2.69 bits per heavy atom. The quantitative estimate of drug-likeness (QED) is 0.530. The van der Waals surface area contributed by atoms with E-state index >= 15 is 0 Å². The smallest absolute Gasteiger partial charge is 0.282 e. The van der Waals surface area contributed by atoms with Gasteiger partial charge in [0.05, 0.1) is 18.0 Å². The van der Waals surface area contributed by atoms with Crippen LogP contribution in [0, 0.1) is 0 Å². The predicted molar refractivity (Wildman–Crippen MR) is 132 cm³/mol. The molecule has 5 rings (SSSR count). The van der Waals surface area contributed by atoms with Crippen LogP contribution in [0.2, 0.25) is 0 Å². The number of ether oxygens (including phenoxy) is 2. The lowest BCUT2D eigenvalue weighted by molar-refractivity contribution is 0.0580. The van der Waals surface area contributed by atoms with Crippen LogP contribution >= 0.6 is 0 Å². The molecule has 1 atom stereocenters. The number of anilines is 3. The molecular weight excluding hydrogens is 450 g/mol. The largest absolute Gasteiger partial charge is 0.381 e. The maximum absolute atomic E-state index is 13.3. The number of hydrogen-bond acceptors (Lipinski definition) is 8. The molecule has 11 heteroatoms. The Labute approximate surface area is 202 Å². The number of amides is 1. The van der Waals surface area contributed by atoms with Gasteiger partial charge >= 0.3 is 0 Å². The zero-order chi connectivity index (χ0) is 24.5. The highest BCUT2D eigenvalue weighted by molar-refractivity contribution is 6.14. The van der Waals surface area contributed by atoms with Gasteiger partial charge in [0.15, 0.2) is 5.65 Å². The summed E-state index contributed by atoms with van der Waals surface area (Å²) in [5, 5.41) is 10.5. The van der Waals surface area contributed by atoms with Crippen molar-refractivity contribution in [1.29, 1.82) is 0 Å². The van der Waals surface area contributed by atoms with Gasteiger partial charge < -0.3 is 24.7 Å². The maximum Gasteiger partial charge on any atom is 0.282 e. The van der Waals surface area contributed by atoms with Gasteiger partial charge in [-0.15, -0.1) is 0 Å². The first-order chi connectivity index (χ1) is 17.0. The average Bonchev–Trinajstić information content (AvgIpc) is 3.49. The third-order valence-electron chi connectivity index (χ3n) is 6.70. The van der Waals surface area contributed by atoms with Crippen molar-refractivity contribution in [3.05, 3.63) is 46.5 Å². The molecule has 3 aromatic rings. The Morgan fingerprint density at radius 1 is 1.20 bits per heavy atom. The molecule has 0 unspecified atom stereocenters. The van der Waals surface area contributed by atoms with Gasteiger partial charge in [-0.3, -0.25) is 9.59 Å². The summed E-state index contributed by atoms with van der Waals surface area (Å²) in [5.74, 6) is 0.609. The van der Waals surface area contributed by atoms with Crippen molar-refractivity contribution in [1.82, 2.24) is 19.2 Å². The van der Waals surface area contributed by atoms with Crippen LogP contribution in [-0.2, 0) is 9.47 Å². The van der Waals surface area contributed by atoms with Gasteiger partial charge in [-0.2, -0.15) is 9.61 Å². The van der Waals surface area contributed by atoms with Crippen molar-refractivity contribution in [2.45, 2.75) is 50.4 Å². The zero-order valence-corrected chi connectivity index (χ0v) is 20.0. The zero-order valence-electron chi connectivity index (χ0n) is 20.0. The minimum Gasteiger partial charge on any atom is -0.381 e. The first-order valence-electron chi connectivity index (χ1n) is 11.7. The van der Waals surface area contributed by atoms with Crippen LogP contribution in [0.4, 0.5) is 17.3 Å². The van der Waals surface area contributed by atoms with Crippen LogP contribution < -0.4 is 16.2 Å². The molecule has 2 aliphatic rings. The summed E-state index contributed by atoms with van der Waals surface area (Å²) in [5.41, 5.74) is 1.63. The number of hydrogen-bond donors (Lipinski definition) is 2. The Morgan fingerprint density at radius 2 is 2.00 bits per heavy atom. The number of nitrogens with zero attached hydrogens (tertiary/aromatic N) is 5. The van der Waals surface area contributed by atoms with Crippen molar-refractivity contribution in [2.75, 3.05) is 31.9 Å². The summed E-state index contributed by atoms with van der Waals surface area (Å²) in [7, 11) is 5.08. The van der Waals surface area contributed by atoms with Crippen LogP contribution in [0.15, 0.2) is 40.4 Å². The number of nitrogens with one attached hydrogen (secondary N) is 2. The van der Waals surface area contributed by atoms with E-state index in [1.807, 2.05) is 12.3 Å². The van der Waals surface area contributed by atoms with Crippen LogP contribution in [0.25, 0.3) is 5.65 Å². The monoisotopic (exact) mass is 479 g/mol. The van der Waals surface area contributed by atoms with E-state index in [4.69, 9.17) is 9.47 Å². The standard InChI is InChI=1S/C24H29N7O4/c1-25-21-12-20(29-22-16(13-26-31(21)22)23(32)28-18-11-19(18)35-3)27-17-5-4-10-30(24(17)33)14-6-8-15(34-2)9-7-14/h4-5,10,12-15,19,25H,6-9,11H2,1-3H3,(H,27,29)/t14?,15?,19-/m1/s1.